The third kappa shape index (κ3) is 2.65. The smallest absolute Gasteiger partial charge is 0.167 e. The summed E-state index contributed by atoms with van der Waals surface area (Å²) in [6, 6.07) is 21.8. The van der Waals surface area contributed by atoms with Crippen LogP contribution in [-0.4, -0.2) is 5.78 Å². The molecule has 0 saturated heterocycles. The number of Topliss-reactive ketones (excluding diaryl/α,β-unsaturated/α-hetero) is 1. The third-order valence-corrected chi connectivity index (χ3v) is 4.50. The third-order valence-electron chi connectivity index (χ3n) is 4.50. The average Bonchev–Trinajstić information content (AvgIpc) is 2.73. The largest absolute Gasteiger partial charge is 0.397 e. The summed E-state index contributed by atoms with van der Waals surface area (Å²) in [5.74, 6) is 0.166. The summed E-state index contributed by atoms with van der Waals surface area (Å²) in [6.45, 7) is 0. The van der Waals surface area contributed by atoms with Crippen LogP contribution in [0.5, 0.6) is 0 Å². The number of nitrogens with one attached hydrogen (secondary N) is 1. The minimum absolute atomic E-state index is 0.166. The minimum atomic E-state index is 0.166. The van der Waals surface area contributed by atoms with Crippen molar-refractivity contribution in [3.05, 3.63) is 89.0 Å². The molecule has 0 saturated carbocycles. The highest BCUT2D eigenvalue weighted by Gasteiger charge is 2.19. The topological polar surface area (TPSA) is 55.1 Å². The number of fused-ring (bicyclic) bond motifs is 2. The first-order chi connectivity index (χ1) is 11.7. The van der Waals surface area contributed by atoms with Gasteiger partial charge in [0.2, 0.25) is 0 Å². The molecule has 0 amide bonds. The second-order valence-electron chi connectivity index (χ2n) is 6.13. The Kier molecular flexibility index (Phi) is 3.54. The number of carbonyl (C=O) groups is 1. The first kappa shape index (κ1) is 14.5. The number of carbonyl (C=O) groups excluding carboxylic acids is 1. The van der Waals surface area contributed by atoms with Crippen LogP contribution < -0.4 is 11.1 Å². The van der Waals surface area contributed by atoms with Crippen molar-refractivity contribution in [2.75, 3.05) is 11.1 Å². The molecule has 1 aliphatic carbocycles. The van der Waals surface area contributed by atoms with E-state index in [1.807, 2.05) is 60.7 Å². The maximum absolute atomic E-state index is 12.7. The molecule has 3 nitrogen and oxygen atoms in total. The molecule has 4 rings (SSSR count). The van der Waals surface area contributed by atoms with Crippen LogP contribution in [0.4, 0.5) is 17.1 Å². The highest BCUT2D eigenvalue weighted by molar-refractivity contribution is 6.00. The molecule has 3 aromatic carbocycles. The van der Waals surface area contributed by atoms with Gasteiger partial charge in [0.1, 0.15) is 0 Å². The normalized spacial score (nSPS) is 12.9. The molecule has 0 unspecified atom stereocenters. The summed E-state index contributed by atoms with van der Waals surface area (Å²) in [5.41, 5.74) is 12.6. The van der Waals surface area contributed by atoms with E-state index < -0.39 is 0 Å². The summed E-state index contributed by atoms with van der Waals surface area (Å²) in [5, 5.41) is 3.31. The van der Waals surface area contributed by atoms with E-state index in [-0.39, 0.29) is 5.78 Å². The zero-order valence-electron chi connectivity index (χ0n) is 13.3. The summed E-state index contributed by atoms with van der Waals surface area (Å²) in [7, 11) is 0. The Balaban J connectivity index is 1.70. The van der Waals surface area contributed by atoms with Crippen LogP contribution in [0.2, 0.25) is 0 Å². The van der Waals surface area contributed by atoms with Gasteiger partial charge in [-0.05, 0) is 47.4 Å². The lowest BCUT2D eigenvalue weighted by molar-refractivity contribution is 0.0993. The van der Waals surface area contributed by atoms with E-state index in [0.29, 0.717) is 12.1 Å². The number of para-hydroxylation sites is 2. The quantitative estimate of drug-likeness (QED) is 0.692. The van der Waals surface area contributed by atoms with Gasteiger partial charge in [0, 0.05) is 17.7 Å². The van der Waals surface area contributed by atoms with E-state index in [1.54, 1.807) is 0 Å². The predicted octanol–water partition coefficient (Wildman–Crippen LogP) is 4.34. The van der Waals surface area contributed by atoms with E-state index in [9.17, 15) is 4.79 Å². The lowest BCUT2D eigenvalue weighted by Gasteiger charge is -2.12. The number of ketones is 1. The Morgan fingerprint density at radius 3 is 2.29 bits per heavy atom. The molecule has 0 fully saturated rings. The van der Waals surface area contributed by atoms with Crippen molar-refractivity contribution in [3.8, 4) is 0 Å². The molecule has 24 heavy (non-hydrogen) atoms. The molecule has 3 heteroatoms. The zero-order valence-corrected chi connectivity index (χ0v) is 13.3. The van der Waals surface area contributed by atoms with E-state index in [0.717, 1.165) is 34.5 Å². The molecule has 3 N–H and O–H groups in total. The van der Waals surface area contributed by atoms with Gasteiger partial charge >= 0.3 is 0 Å². The molecule has 0 aromatic heterocycles. The van der Waals surface area contributed by atoms with Crippen LogP contribution in [0, 0.1) is 0 Å². The Labute approximate surface area is 141 Å². The Morgan fingerprint density at radius 2 is 1.50 bits per heavy atom. The average molecular weight is 314 g/mol. The number of rotatable bonds is 2. The first-order valence-electron chi connectivity index (χ1n) is 8.05. The molecule has 0 aliphatic heterocycles. The van der Waals surface area contributed by atoms with Gasteiger partial charge in [-0.2, -0.15) is 0 Å². The van der Waals surface area contributed by atoms with Crippen molar-refractivity contribution in [3.63, 3.8) is 0 Å². The van der Waals surface area contributed by atoms with Crippen LogP contribution in [0.1, 0.15) is 27.0 Å². The molecule has 1 aliphatic rings. The van der Waals surface area contributed by atoms with Gasteiger partial charge in [-0.1, -0.05) is 42.5 Å². The van der Waals surface area contributed by atoms with Crippen molar-refractivity contribution in [1.82, 2.24) is 0 Å². The van der Waals surface area contributed by atoms with E-state index in [4.69, 9.17) is 5.73 Å². The second-order valence-corrected chi connectivity index (χ2v) is 6.13. The fraction of sp³-hybridized carbons (Fsp3) is 0.0952. The van der Waals surface area contributed by atoms with E-state index >= 15 is 0 Å². The van der Waals surface area contributed by atoms with Gasteiger partial charge in [0.15, 0.2) is 5.78 Å². The van der Waals surface area contributed by atoms with Gasteiger partial charge in [0.05, 0.1) is 11.4 Å². The summed E-state index contributed by atoms with van der Waals surface area (Å²) in [6.07, 6.45) is 1.26. The molecular weight excluding hydrogens is 296 g/mol. The summed E-state index contributed by atoms with van der Waals surface area (Å²) >= 11 is 0. The Bertz CT molecular complexity index is 931. The SMILES string of the molecule is Nc1ccccc1Nc1ccc2c(c1)C(=O)Cc1ccccc1C2. The van der Waals surface area contributed by atoms with Gasteiger partial charge in [-0.3, -0.25) is 4.79 Å². The minimum Gasteiger partial charge on any atom is -0.397 e. The molecule has 0 spiro atoms. The van der Waals surface area contributed by atoms with Crippen LogP contribution in [0.3, 0.4) is 0 Å². The predicted molar refractivity (Wildman–Crippen MR) is 97.9 cm³/mol. The Hall–Kier alpha value is -3.07. The zero-order chi connectivity index (χ0) is 16.5. The van der Waals surface area contributed by atoms with Crippen LogP contribution in [-0.2, 0) is 12.8 Å². The van der Waals surface area contributed by atoms with Crippen molar-refractivity contribution in [1.29, 1.82) is 0 Å². The van der Waals surface area contributed by atoms with Gasteiger partial charge in [0.25, 0.3) is 0 Å². The molecule has 118 valence electrons. The monoisotopic (exact) mass is 314 g/mol. The number of hydrogen-bond acceptors (Lipinski definition) is 3. The number of nitrogen functional groups attached to an aromatic ring is 1. The van der Waals surface area contributed by atoms with Crippen LogP contribution >= 0.6 is 0 Å². The van der Waals surface area contributed by atoms with Crippen LogP contribution in [0.15, 0.2) is 66.7 Å². The standard InChI is InChI=1S/C21H18N2O/c22-19-7-3-4-8-20(19)23-17-10-9-16-11-14-5-1-2-6-15(14)12-21(24)18(16)13-17/h1-10,13,23H,11-12,22H2. The lowest BCUT2D eigenvalue weighted by atomic mass is 10.00. The van der Waals surface area contributed by atoms with Crippen LogP contribution in [0.25, 0.3) is 0 Å². The molecule has 0 bridgehead atoms. The lowest BCUT2D eigenvalue weighted by Crippen LogP contribution is -2.05. The van der Waals surface area contributed by atoms with Gasteiger partial charge in [-0.15, -0.1) is 0 Å². The summed E-state index contributed by atoms with van der Waals surface area (Å²) < 4.78 is 0. The molecule has 0 atom stereocenters. The van der Waals surface area contributed by atoms with Gasteiger partial charge in [-0.25, -0.2) is 0 Å². The highest BCUT2D eigenvalue weighted by atomic mass is 16.1. The second kappa shape index (κ2) is 5.85. The van der Waals surface area contributed by atoms with E-state index in [2.05, 4.69) is 11.4 Å². The maximum Gasteiger partial charge on any atom is 0.167 e. The fourth-order valence-corrected chi connectivity index (χ4v) is 3.21. The molecule has 3 aromatic rings. The number of anilines is 3. The number of benzene rings is 3. The number of hydrogen-bond donors (Lipinski definition) is 2. The maximum atomic E-state index is 12.7. The fourth-order valence-electron chi connectivity index (χ4n) is 3.21. The molecular formula is C21H18N2O. The van der Waals surface area contributed by atoms with Gasteiger partial charge < -0.3 is 11.1 Å². The van der Waals surface area contributed by atoms with Crippen molar-refractivity contribution < 1.29 is 4.79 Å². The molecule has 0 heterocycles. The summed E-state index contributed by atoms with van der Waals surface area (Å²) in [4.78, 5) is 12.7. The number of nitrogens with two attached hydrogens (primary N) is 1. The Morgan fingerprint density at radius 1 is 0.792 bits per heavy atom. The molecule has 0 radical (unpaired) electrons. The van der Waals surface area contributed by atoms with Crippen molar-refractivity contribution in [2.24, 2.45) is 0 Å². The van der Waals surface area contributed by atoms with Crippen molar-refractivity contribution in [2.45, 2.75) is 12.8 Å². The van der Waals surface area contributed by atoms with E-state index in [1.165, 1.54) is 5.56 Å². The van der Waals surface area contributed by atoms with Crippen molar-refractivity contribution >= 4 is 22.8 Å². The highest BCUT2D eigenvalue weighted by Crippen LogP contribution is 2.29. The first-order valence-corrected chi connectivity index (χ1v) is 8.05.